The Morgan fingerprint density at radius 2 is 2.00 bits per heavy atom. The largest absolute Gasteiger partial charge is 0.468 e. The molecule has 2 aromatic rings. The summed E-state index contributed by atoms with van der Waals surface area (Å²) in [5, 5.41) is 0. The monoisotopic (exact) mass is 275 g/mol. The molecule has 2 rings (SSSR count). The number of hydrogen-bond donors (Lipinski definition) is 1. The molecule has 0 aliphatic carbocycles. The second-order valence-corrected chi connectivity index (χ2v) is 5.32. The topological polar surface area (TPSA) is 56.2 Å². The van der Waals surface area contributed by atoms with Crippen LogP contribution in [0.15, 0.2) is 53.1 Å². The molecule has 0 aliphatic rings. The van der Waals surface area contributed by atoms with Gasteiger partial charge >= 0.3 is 0 Å². The Morgan fingerprint density at radius 1 is 1.21 bits per heavy atom. The molecule has 0 bridgehead atoms. The Bertz CT molecular complexity index is 496. The molecule has 0 radical (unpaired) electrons. The summed E-state index contributed by atoms with van der Waals surface area (Å²) in [4.78, 5) is 11.9. The number of furan rings is 1. The third-order valence-corrected chi connectivity index (χ3v) is 3.76. The maximum Gasteiger partial charge on any atom is 0.159 e. The third kappa shape index (κ3) is 4.58. The summed E-state index contributed by atoms with van der Waals surface area (Å²) < 4.78 is 5.21. The molecule has 0 fully saturated rings. The van der Waals surface area contributed by atoms with Gasteiger partial charge in [0.15, 0.2) is 5.78 Å². The highest BCUT2D eigenvalue weighted by atomic mass is 32.2. The molecule has 19 heavy (non-hydrogen) atoms. The molecule has 1 atom stereocenters. The highest BCUT2D eigenvalue weighted by Gasteiger charge is 2.14. The Morgan fingerprint density at radius 3 is 2.68 bits per heavy atom. The number of carbonyl (C=O) groups is 1. The van der Waals surface area contributed by atoms with Crippen LogP contribution >= 0.6 is 11.8 Å². The minimum atomic E-state index is -0.425. The molecule has 0 unspecified atom stereocenters. The maximum absolute atomic E-state index is 11.9. The predicted octanol–water partition coefficient (Wildman–Crippen LogP) is 2.65. The number of ketones is 1. The van der Waals surface area contributed by atoms with Crippen molar-refractivity contribution in [2.75, 3.05) is 5.75 Å². The SMILES string of the molecule is N[C@@H](Cc1ccccc1)C(=O)CSCc1ccco1. The van der Waals surface area contributed by atoms with Gasteiger partial charge in [-0.05, 0) is 24.1 Å². The summed E-state index contributed by atoms with van der Waals surface area (Å²) in [5.74, 6) is 2.10. The fraction of sp³-hybridized carbons (Fsp3) is 0.267. The number of benzene rings is 1. The van der Waals surface area contributed by atoms with Crippen LogP contribution in [0.1, 0.15) is 11.3 Å². The molecule has 4 heteroatoms. The lowest BCUT2D eigenvalue weighted by atomic mass is 10.0. The van der Waals surface area contributed by atoms with E-state index in [1.807, 2.05) is 42.5 Å². The van der Waals surface area contributed by atoms with E-state index < -0.39 is 6.04 Å². The first kappa shape index (κ1) is 13.9. The zero-order valence-corrected chi connectivity index (χ0v) is 11.4. The first-order valence-corrected chi connectivity index (χ1v) is 7.33. The number of carbonyl (C=O) groups excluding carboxylic acids is 1. The summed E-state index contributed by atoms with van der Waals surface area (Å²) in [6, 6.07) is 13.2. The Hall–Kier alpha value is -1.52. The van der Waals surface area contributed by atoms with Crippen molar-refractivity contribution in [3.05, 3.63) is 60.1 Å². The maximum atomic E-state index is 11.9. The van der Waals surface area contributed by atoms with Crippen molar-refractivity contribution in [2.45, 2.75) is 18.2 Å². The van der Waals surface area contributed by atoms with E-state index in [9.17, 15) is 4.79 Å². The minimum Gasteiger partial charge on any atom is -0.468 e. The molecule has 0 spiro atoms. The molecule has 0 amide bonds. The number of Topliss-reactive ketones (excluding diaryl/α,β-unsaturated/α-hetero) is 1. The van der Waals surface area contributed by atoms with E-state index in [0.717, 1.165) is 11.3 Å². The highest BCUT2D eigenvalue weighted by molar-refractivity contribution is 7.99. The van der Waals surface area contributed by atoms with Crippen molar-refractivity contribution in [3.63, 3.8) is 0 Å². The van der Waals surface area contributed by atoms with E-state index in [1.54, 1.807) is 6.26 Å². The zero-order chi connectivity index (χ0) is 13.5. The van der Waals surface area contributed by atoms with Gasteiger partial charge < -0.3 is 10.2 Å². The summed E-state index contributed by atoms with van der Waals surface area (Å²) in [6.07, 6.45) is 2.24. The number of hydrogen-bond acceptors (Lipinski definition) is 4. The van der Waals surface area contributed by atoms with Gasteiger partial charge in [0.1, 0.15) is 5.76 Å². The van der Waals surface area contributed by atoms with Gasteiger partial charge in [-0.2, -0.15) is 0 Å². The summed E-state index contributed by atoms with van der Waals surface area (Å²) >= 11 is 1.53. The van der Waals surface area contributed by atoms with E-state index in [1.165, 1.54) is 11.8 Å². The number of thioether (sulfide) groups is 1. The van der Waals surface area contributed by atoms with Crippen LogP contribution in [0.25, 0.3) is 0 Å². The molecule has 0 saturated carbocycles. The van der Waals surface area contributed by atoms with Crippen molar-refractivity contribution < 1.29 is 9.21 Å². The normalized spacial score (nSPS) is 12.3. The van der Waals surface area contributed by atoms with Gasteiger partial charge in [-0.1, -0.05) is 30.3 Å². The first-order valence-electron chi connectivity index (χ1n) is 6.18. The highest BCUT2D eigenvalue weighted by Crippen LogP contribution is 2.13. The average Bonchev–Trinajstić information content (AvgIpc) is 2.93. The lowest BCUT2D eigenvalue weighted by Gasteiger charge is -2.10. The minimum absolute atomic E-state index is 0.0837. The van der Waals surface area contributed by atoms with Crippen molar-refractivity contribution in [1.29, 1.82) is 0 Å². The lowest BCUT2D eigenvalue weighted by molar-refractivity contribution is -0.117. The summed E-state index contributed by atoms with van der Waals surface area (Å²) in [7, 11) is 0. The van der Waals surface area contributed by atoms with Gasteiger partial charge in [0.05, 0.1) is 23.8 Å². The molecule has 2 N–H and O–H groups in total. The smallest absolute Gasteiger partial charge is 0.159 e. The van der Waals surface area contributed by atoms with Gasteiger partial charge in [0, 0.05) is 0 Å². The van der Waals surface area contributed by atoms with Gasteiger partial charge in [-0.3, -0.25) is 4.79 Å². The Kier molecular flexibility index (Phi) is 5.24. The van der Waals surface area contributed by atoms with Crippen molar-refractivity contribution in [3.8, 4) is 0 Å². The van der Waals surface area contributed by atoms with Crippen LogP contribution in [0, 0.1) is 0 Å². The fourth-order valence-corrected chi connectivity index (χ4v) is 2.62. The second kappa shape index (κ2) is 7.16. The van der Waals surface area contributed by atoms with Crippen LogP contribution in [0.4, 0.5) is 0 Å². The molecular weight excluding hydrogens is 258 g/mol. The summed E-state index contributed by atoms with van der Waals surface area (Å²) in [5.41, 5.74) is 7.02. The van der Waals surface area contributed by atoms with Gasteiger partial charge in [0.25, 0.3) is 0 Å². The van der Waals surface area contributed by atoms with E-state index >= 15 is 0 Å². The van der Waals surface area contributed by atoms with E-state index in [4.69, 9.17) is 10.2 Å². The van der Waals surface area contributed by atoms with Crippen LogP contribution in [0.5, 0.6) is 0 Å². The predicted molar refractivity (Wildman–Crippen MR) is 78.0 cm³/mol. The van der Waals surface area contributed by atoms with Crippen LogP contribution in [-0.2, 0) is 17.0 Å². The molecule has 0 aliphatic heterocycles. The molecule has 100 valence electrons. The Balaban J connectivity index is 1.73. The van der Waals surface area contributed by atoms with Crippen molar-refractivity contribution in [2.24, 2.45) is 5.73 Å². The molecule has 3 nitrogen and oxygen atoms in total. The van der Waals surface area contributed by atoms with Crippen molar-refractivity contribution in [1.82, 2.24) is 0 Å². The first-order chi connectivity index (χ1) is 9.25. The van der Waals surface area contributed by atoms with Crippen LogP contribution < -0.4 is 5.73 Å². The van der Waals surface area contributed by atoms with Gasteiger partial charge in [-0.15, -0.1) is 11.8 Å². The van der Waals surface area contributed by atoms with E-state index in [2.05, 4.69) is 0 Å². The second-order valence-electron chi connectivity index (χ2n) is 4.33. The molecular formula is C15H17NO2S. The van der Waals surface area contributed by atoms with E-state index in [-0.39, 0.29) is 5.78 Å². The zero-order valence-electron chi connectivity index (χ0n) is 10.6. The number of nitrogens with two attached hydrogens (primary N) is 1. The van der Waals surface area contributed by atoms with E-state index in [0.29, 0.717) is 17.9 Å². The van der Waals surface area contributed by atoms with Crippen LogP contribution in [0.3, 0.4) is 0 Å². The molecule has 0 saturated heterocycles. The van der Waals surface area contributed by atoms with Gasteiger partial charge in [-0.25, -0.2) is 0 Å². The standard InChI is InChI=1S/C15H17NO2S/c16-14(9-12-5-2-1-3-6-12)15(17)11-19-10-13-7-4-8-18-13/h1-8,14H,9-11,16H2/t14-/m0/s1. The average molecular weight is 275 g/mol. The fourth-order valence-electron chi connectivity index (χ4n) is 1.74. The molecule has 1 aromatic carbocycles. The van der Waals surface area contributed by atoms with Crippen molar-refractivity contribution >= 4 is 17.5 Å². The summed E-state index contributed by atoms with van der Waals surface area (Å²) in [6.45, 7) is 0. The lowest BCUT2D eigenvalue weighted by Crippen LogP contribution is -2.34. The quantitative estimate of drug-likeness (QED) is 0.844. The van der Waals surface area contributed by atoms with Gasteiger partial charge in [0.2, 0.25) is 0 Å². The van der Waals surface area contributed by atoms with Crippen LogP contribution in [-0.4, -0.2) is 17.6 Å². The Labute approximate surface area is 117 Å². The number of rotatable bonds is 7. The third-order valence-electron chi connectivity index (χ3n) is 2.78. The molecule has 1 aromatic heterocycles. The molecule has 1 heterocycles. The van der Waals surface area contributed by atoms with Crippen LogP contribution in [0.2, 0.25) is 0 Å².